The Morgan fingerprint density at radius 2 is 2.12 bits per heavy atom. The molecule has 1 heterocycles. The molecule has 0 spiro atoms. The van der Waals surface area contributed by atoms with Gasteiger partial charge in [0.1, 0.15) is 0 Å². The Labute approximate surface area is 103 Å². The molecular formula is C14H22OS. The molecular weight excluding hydrogens is 216 g/mol. The van der Waals surface area contributed by atoms with Crippen LogP contribution < -0.4 is 0 Å². The van der Waals surface area contributed by atoms with Gasteiger partial charge < -0.3 is 5.11 Å². The predicted octanol–water partition coefficient (Wildman–Crippen LogP) is 4.39. The molecule has 1 aromatic heterocycles. The predicted molar refractivity (Wildman–Crippen MR) is 69.6 cm³/mol. The summed E-state index contributed by atoms with van der Waals surface area (Å²) in [7, 11) is 0. The van der Waals surface area contributed by atoms with Crippen molar-refractivity contribution in [3.63, 3.8) is 0 Å². The van der Waals surface area contributed by atoms with E-state index in [1.54, 1.807) is 11.3 Å². The Morgan fingerprint density at radius 3 is 2.69 bits per heavy atom. The first-order chi connectivity index (χ1) is 7.81. The molecule has 1 aliphatic rings. The van der Waals surface area contributed by atoms with E-state index in [0.29, 0.717) is 5.92 Å². The van der Waals surface area contributed by atoms with Crippen LogP contribution in [0.15, 0.2) is 17.5 Å². The molecule has 2 rings (SSSR count). The molecule has 16 heavy (non-hydrogen) atoms. The van der Waals surface area contributed by atoms with Gasteiger partial charge in [-0.2, -0.15) is 0 Å². The topological polar surface area (TPSA) is 20.2 Å². The first-order valence-corrected chi connectivity index (χ1v) is 7.40. The van der Waals surface area contributed by atoms with Crippen LogP contribution in [0, 0.1) is 11.8 Å². The summed E-state index contributed by atoms with van der Waals surface area (Å²) in [6.45, 7) is 2.27. The van der Waals surface area contributed by atoms with Crippen LogP contribution in [0.5, 0.6) is 0 Å². The first-order valence-electron chi connectivity index (χ1n) is 6.52. The zero-order valence-corrected chi connectivity index (χ0v) is 10.9. The normalized spacial score (nSPS) is 27.9. The average molecular weight is 238 g/mol. The monoisotopic (exact) mass is 238 g/mol. The minimum Gasteiger partial charge on any atom is -0.387 e. The van der Waals surface area contributed by atoms with E-state index >= 15 is 0 Å². The molecule has 1 saturated carbocycles. The lowest BCUT2D eigenvalue weighted by molar-refractivity contribution is 0.0750. The lowest BCUT2D eigenvalue weighted by Gasteiger charge is -2.31. The smallest absolute Gasteiger partial charge is 0.0909 e. The van der Waals surface area contributed by atoms with Crippen LogP contribution in [0.4, 0.5) is 0 Å². The van der Waals surface area contributed by atoms with Crippen molar-refractivity contribution >= 4 is 11.3 Å². The number of aliphatic hydroxyl groups is 1. The number of hydrogen-bond acceptors (Lipinski definition) is 2. The molecule has 2 heteroatoms. The van der Waals surface area contributed by atoms with Gasteiger partial charge >= 0.3 is 0 Å². The average Bonchev–Trinajstić information content (AvgIpc) is 2.83. The van der Waals surface area contributed by atoms with E-state index in [2.05, 4.69) is 18.4 Å². The lowest BCUT2D eigenvalue weighted by Crippen LogP contribution is -2.19. The summed E-state index contributed by atoms with van der Waals surface area (Å²) in [5.41, 5.74) is 0. The van der Waals surface area contributed by atoms with E-state index in [-0.39, 0.29) is 6.10 Å². The number of hydrogen-bond donors (Lipinski definition) is 1. The fourth-order valence-corrected chi connectivity index (χ4v) is 3.70. The van der Waals surface area contributed by atoms with Crippen LogP contribution in [-0.4, -0.2) is 5.11 Å². The zero-order chi connectivity index (χ0) is 11.4. The molecule has 0 aliphatic heterocycles. The van der Waals surface area contributed by atoms with E-state index < -0.39 is 0 Å². The highest BCUT2D eigenvalue weighted by atomic mass is 32.1. The van der Waals surface area contributed by atoms with Crippen molar-refractivity contribution < 1.29 is 5.11 Å². The maximum atomic E-state index is 10.3. The summed E-state index contributed by atoms with van der Waals surface area (Å²) < 4.78 is 0. The molecule has 1 aromatic rings. The molecule has 0 aromatic carbocycles. The van der Waals surface area contributed by atoms with E-state index in [1.807, 2.05) is 6.07 Å². The molecule has 1 nitrogen and oxygen atoms in total. The lowest BCUT2D eigenvalue weighted by atomic mass is 9.77. The third-order valence-electron chi connectivity index (χ3n) is 3.87. The summed E-state index contributed by atoms with van der Waals surface area (Å²) in [4.78, 5) is 1.15. The van der Waals surface area contributed by atoms with Crippen molar-refractivity contribution in [2.75, 3.05) is 0 Å². The molecule has 0 amide bonds. The number of rotatable bonds is 4. The van der Waals surface area contributed by atoms with Crippen LogP contribution in [0.25, 0.3) is 0 Å². The molecule has 1 atom stereocenters. The minimum absolute atomic E-state index is 0.206. The maximum Gasteiger partial charge on any atom is 0.0909 e. The van der Waals surface area contributed by atoms with Crippen molar-refractivity contribution in [2.24, 2.45) is 11.8 Å². The molecule has 1 N–H and O–H groups in total. The van der Waals surface area contributed by atoms with E-state index in [9.17, 15) is 5.11 Å². The maximum absolute atomic E-state index is 10.3. The Bertz CT molecular complexity index is 286. The van der Waals surface area contributed by atoms with Crippen molar-refractivity contribution in [1.29, 1.82) is 0 Å². The fraction of sp³-hybridized carbons (Fsp3) is 0.714. The van der Waals surface area contributed by atoms with Crippen LogP contribution >= 0.6 is 11.3 Å². The summed E-state index contributed by atoms with van der Waals surface area (Å²) >= 11 is 1.69. The molecule has 0 saturated heterocycles. The molecule has 1 aliphatic carbocycles. The second-order valence-electron chi connectivity index (χ2n) is 5.03. The SMILES string of the molecule is CCCC1CCC(C(O)c2cccs2)CC1. The standard InChI is InChI=1S/C14H22OS/c1-2-4-11-6-8-12(9-7-11)14(15)13-5-3-10-16-13/h3,5,10-12,14-15H,2,4,6-9H2,1H3. The Balaban J connectivity index is 1.84. The van der Waals surface area contributed by atoms with Crippen molar-refractivity contribution in [3.05, 3.63) is 22.4 Å². The quantitative estimate of drug-likeness (QED) is 0.825. The first kappa shape index (κ1) is 12.1. The number of aliphatic hydroxyl groups excluding tert-OH is 1. The zero-order valence-electron chi connectivity index (χ0n) is 10.1. The van der Waals surface area contributed by atoms with Gasteiger partial charge in [0, 0.05) is 4.88 Å². The third kappa shape index (κ3) is 2.86. The second kappa shape index (κ2) is 5.83. The Kier molecular flexibility index (Phi) is 4.42. The van der Waals surface area contributed by atoms with Gasteiger partial charge in [-0.25, -0.2) is 0 Å². The summed E-state index contributed by atoms with van der Waals surface area (Å²) in [5, 5.41) is 12.3. The summed E-state index contributed by atoms with van der Waals surface area (Å²) in [5.74, 6) is 1.43. The van der Waals surface area contributed by atoms with Crippen LogP contribution in [-0.2, 0) is 0 Å². The van der Waals surface area contributed by atoms with Crippen molar-refractivity contribution in [1.82, 2.24) is 0 Å². The minimum atomic E-state index is -0.206. The molecule has 1 fully saturated rings. The van der Waals surface area contributed by atoms with Gasteiger partial charge in [-0.3, -0.25) is 0 Å². The summed E-state index contributed by atoms with van der Waals surface area (Å²) in [6.07, 6.45) is 7.54. The van der Waals surface area contributed by atoms with Crippen LogP contribution in [0.2, 0.25) is 0 Å². The number of thiophene rings is 1. The molecule has 1 unspecified atom stereocenters. The van der Waals surface area contributed by atoms with Crippen LogP contribution in [0.3, 0.4) is 0 Å². The third-order valence-corrected chi connectivity index (χ3v) is 4.81. The Morgan fingerprint density at radius 1 is 1.38 bits per heavy atom. The van der Waals surface area contributed by atoms with Crippen LogP contribution in [0.1, 0.15) is 56.4 Å². The van der Waals surface area contributed by atoms with Gasteiger partial charge in [0.25, 0.3) is 0 Å². The van der Waals surface area contributed by atoms with Crippen molar-refractivity contribution in [2.45, 2.75) is 51.6 Å². The second-order valence-corrected chi connectivity index (χ2v) is 6.01. The highest BCUT2D eigenvalue weighted by Crippen LogP contribution is 2.39. The highest BCUT2D eigenvalue weighted by molar-refractivity contribution is 7.10. The van der Waals surface area contributed by atoms with Gasteiger partial charge in [0.05, 0.1) is 6.10 Å². The van der Waals surface area contributed by atoms with Gasteiger partial charge in [0.2, 0.25) is 0 Å². The van der Waals surface area contributed by atoms with Crippen molar-refractivity contribution in [3.8, 4) is 0 Å². The van der Waals surface area contributed by atoms with E-state index in [0.717, 1.165) is 10.8 Å². The van der Waals surface area contributed by atoms with Gasteiger partial charge in [-0.15, -0.1) is 11.3 Å². The van der Waals surface area contributed by atoms with E-state index in [4.69, 9.17) is 0 Å². The summed E-state index contributed by atoms with van der Waals surface area (Å²) in [6, 6.07) is 4.10. The molecule has 0 bridgehead atoms. The molecule has 0 radical (unpaired) electrons. The van der Waals surface area contributed by atoms with Gasteiger partial charge in [0.15, 0.2) is 0 Å². The van der Waals surface area contributed by atoms with Gasteiger partial charge in [-0.05, 0) is 36.1 Å². The van der Waals surface area contributed by atoms with E-state index in [1.165, 1.54) is 38.5 Å². The van der Waals surface area contributed by atoms with Gasteiger partial charge in [-0.1, -0.05) is 38.7 Å². The highest BCUT2D eigenvalue weighted by Gasteiger charge is 2.27. The fourth-order valence-electron chi connectivity index (χ4n) is 2.89. The largest absolute Gasteiger partial charge is 0.387 e. The Hall–Kier alpha value is -0.340. The molecule has 90 valence electrons.